The van der Waals surface area contributed by atoms with E-state index in [4.69, 9.17) is 4.42 Å². The summed E-state index contributed by atoms with van der Waals surface area (Å²) >= 11 is 3.27. The van der Waals surface area contributed by atoms with Gasteiger partial charge in [-0.2, -0.15) is 0 Å². The van der Waals surface area contributed by atoms with E-state index >= 15 is 0 Å². The van der Waals surface area contributed by atoms with Crippen molar-refractivity contribution >= 4 is 27.5 Å². The third-order valence-electron chi connectivity index (χ3n) is 2.29. The van der Waals surface area contributed by atoms with Gasteiger partial charge in [0.15, 0.2) is 0 Å². The Morgan fingerprint density at radius 3 is 2.76 bits per heavy atom. The Labute approximate surface area is 107 Å². The highest BCUT2D eigenvalue weighted by molar-refractivity contribution is 9.10. The number of aromatic nitrogens is 1. The molecule has 88 valence electrons. The first kappa shape index (κ1) is 11.9. The van der Waals surface area contributed by atoms with Crippen LogP contribution in [0.15, 0.2) is 33.5 Å². The fraction of sp³-hybridized carbons (Fsp3) is 0.167. The van der Waals surface area contributed by atoms with E-state index in [0.29, 0.717) is 17.0 Å². The second-order valence-corrected chi connectivity index (χ2v) is 4.48. The summed E-state index contributed by atoms with van der Waals surface area (Å²) in [6, 6.07) is 5.28. The number of amides is 1. The number of rotatable bonds is 2. The highest BCUT2D eigenvalue weighted by atomic mass is 79.9. The lowest BCUT2D eigenvalue weighted by Gasteiger charge is -2.06. The molecule has 0 fully saturated rings. The number of hydrogen-bond donors (Lipinski definition) is 1. The van der Waals surface area contributed by atoms with E-state index in [2.05, 4.69) is 26.2 Å². The molecule has 2 aromatic rings. The van der Waals surface area contributed by atoms with E-state index < -0.39 is 0 Å². The lowest BCUT2D eigenvalue weighted by atomic mass is 10.2. The van der Waals surface area contributed by atoms with E-state index in [0.717, 1.165) is 10.3 Å². The highest BCUT2D eigenvalue weighted by Crippen LogP contribution is 2.17. The zero-order valence-electron chi connectivity index (χ0n) is 9.45. The predicted molar refractivity (Wildman–Crippen MR) is 68.1 cm³/mol. The molecule has 0 radical (unpaired) electrons. The molecule has 0 bridgehead atoms. The third-order valence-corrected chi connectivity index (χ3v) is 2.73. The van der Waals surface area contributed by atoms with E-state index in [1.807, 2.05) is 6.92 Å². The van der Waals surface area contributed by atoms with Crippen LogP contribution in [0.1, 0.15) is 21.8 Å². The number of halogens is 1. The molecule has 2 rings (SSSR count). The van der Waals surface area contributed by atoms with Crippen LogP contribution in [-0.4, -0.2) is 10.9 Å². The summed E-state index contributed by atoms with van der Waals surface area (Å²) < 4.78 is 5.83. The molecule has 17 heavy (non-hydrogen) atoms. The molecule has 0 aliphatic rings. The van der Waals surface area contributed by atoms with Crippen LogP contribution in [0.4, 0.5) is 5.69 Å². The molecule has 0 saturated heterocycles. The Morgan fingerprint density at radius 1 is 1.41 bits per heavy atom. The van der Waals surface area contributed by atoms with Crippen LogP contribution in [0.5, 0.6) is 0 Å². The van der Waals surface area contributed by atoms with Crippen LogP contribution in [-0.2, 0) is 0 Å². The Kier molecular flexibility index (Phi) is 3.28. The second kappa shape index (κ2) is 4.71. The van der Waals surface area contributed by atoms with Crippen molar-refractivity contribution in [3.63, 3.8) is 0 Å². The van der Waals surface area contributed by atoms with Gasteiger partial charge < -0.3 is 9.73 Å². The van der Waals surface area contributed by atoms with Crippen molar-refractivity contribution in [3.05, 3.63) is 46.1 Å². The van der Waals surface area contributed by atoms with Crippen molar-refractivity contribution < 1.29 is 9.21 Å². The molecule has 0 aliphatic heterocycles. The molecule has 2 aromatic heterocycles. The first-order valence-electron chi connectivity index (χ1n) is 5.06. The van der Waals surface area contributed by atoms with Gasteiger partial charge in [-0.15, -0.1) is 0 Å². The van der Waals surface area contributed by atoms with E-state index in [1.54, 1.807) is 25.1 Å². The minimum Gasteiger partial charge on any atom is -0.469 e. The SMILES string of the molecule is Cc1cc(C(=O)Nc2ccc(Br)nc2C)co1. The summed E-state index contributed by atoms with van der Waals surface area (Å²) in [5.41, 5.74) is 1.95. The summed E-state index contributed by atoms with van der Waals surface area (Å²) in [4.78, 5) is 16.1. The largest absolute Gasteiger partial charge is 0.469 e. The summed E-state index contributed by atoms with van der Waals surface area (Å²) in [7, 11) is 0. The zero-order chi connectivity index (χ0) is 12.4. The Bertz CT molecular complexity index is 563. The minimum absolute atomic E-state index is 0.200. The van der Waals surface area contributed by atoms with Crippen molar-refractivity contribution in [1.82, 2.24) is 4.98 Å². The van der Waals surface area contributed by atoms with E-state index in [-0.39, 0.29) is 5.91 Å². The standard InChI is InChI=1S/C12H11BrN2O2/c1-7-5-9(6-17-7)12(16)15-10-3-4-11(13)14-8(10)2/h3-6H,1-2H3,(H,15,16). The summed E-state index contributed by atoms with van der Waals surface area (Å²) in [6.07, 6.45) is 1.44. The molecule has 2 heterocycles. The molecule has 0 unspecified atom stereocenters. The first-order valence-corrected chi connectivity index (χ1v) is 5.85. The molecular formula is C12H11BrN2O2. The van der Waals surface area contributed by atoms with Gasteiger partial charge >= 0.3 is 0 Å². The van der Waals surface area contributed by atoms with Crippen LogP contribution in [0.2, 0.25) is 0 Å². The second-order valence-electron chi connectivity index (χ2n) is 3.67. The monoisotopic (exact) mass is 294 g/mol. The van der Waals surface area contributed by atoms with Gasteiger partial charge in [-0.3, -0.25) is 4.79 Å². The Balaban J connectivity index is 2.18. The van der Waals surface area contributed by atoms with Crippen LogP contribution in [0.25, 0.3) is 0 Å². The number of nitrogens with zero attached hydrogens (tertiary/aromatic N) is 1. The lowest BCUT2D eigenvalue weighted by molar-refractivity contribution is 0.102. The van der Waals surface area contributed by atoms with Gasteiger partial charge in [0, 0.05) is 0 Å². The average Bonchev–Trinajstić information content (AvgIpc) is 2.69. The molecular weight excluding hydrogens is 284 g/mol. The number of nitrogens with one attached hydrogen (secondary N) is 1. The molecule has 0 atom stereocenters. The van der Waals surface area contributed by atoms with Crippen LogP contribution < -0.4 is 5.32 Å². The zero-order valence-corrected chi connectivity index (χ0v) is 11.0. The summed E-state index contributed by atoms with van der Waals surface area (Å²) in [5.74, 6) is 0.509. The van der Waals surface area contributed by atoms with E-state index in [9.17, 15) is 4.79 Å². The smallest absolute Gasteiger partial charge is 0.258 e. The van der Waals surface area contributed by atoms with Gasteiger partial charge in [-0.05, 0) is 48.0 Å². The van der Waals surface area contributed by atoms with Gasteiger partial charge in [0.05, 0.1) is 16.9 Å². The number of aryl methyl sites for hydroxylation is 2. The lowest BCUT2D eigenvalue weighted by Crippen LogP contribution is -2.12. The topological polar surface area (TPSA) is 55.1 Å². The number of pyridine rings is 1. The summed E-state index contributed by atoms with van der Waals surface area (Å²) in [5, 5.41) is 2.78. The number of hydrogen-bond acceptors (Lipinski definition) is 3. The minimum atomic E-state index is -0.200. The van der Waals surface area contributed by atoms with Crippen molar-refractivity contribution in [1.29, 1.82) is 0 Å². The van der Waals surface area contributed by atoms with E-state index in [1.165, 1.54) is 6.26 Å². The number of carbonyl (C=O) groups is 1. The number of anilines is 1. The highest BCUT2D eigenvalue weighted by Gasteiger charge is 2.10. The van der Waals surface area contributed by atoms with Gasteiger partial charge in [0.1, 0.15) is 16.6 Å². The Hall–Kier alpha value is -1.62. The molecule has 0 aromatic carbocycles. The quantitative estimate of drug-likeness (QED) is 0.865. The van der Waals surface area contributed by atoms with Crippen molar-refractivity contribution in [2.45, 2.75) is 13.8 Å². The van der Waals surface area contributed by atoms with Gasteiger partial charge in [-0.1, -0.05) is 0 Å². The third kappa shape index (κ3) is 2.74. The van der Waals surface area contributed by atoms with Gasteiger partial charge in [-0.25, -0.2) is 4.98 Å². The summed E-state index contributed by atoms with van der Waals surface area (Å²) in [6.45, 7) is 3.63. The van der Waals surface area contributed by atoms with Crippen molar-refractivity contribution in [2.75, 3.05) is 5.32 Å². The maximum absolute atomic E-state index is 11.9. The maximum atomic E-state index is 11.9. The van der Waals surface area contributed by atoms with Gasteiger partial charge in [0.2, 0.25) is 0 Å². The average molecular weight is 295 g/mol. The Morgan fingerprint density at radius 2 is 2.18 bits per heavy atom. The molecule has 1 amide bonds. The van der Waals surface area contributed by atoms with Gasteiger partial charge in [0.25, 0.3) is 5.91 Å². The first-order chi connectivity index (χ1) is 8.06. The molecule has 0 saturated carbocycles. The normalized spacial score (nSPS) is 10.3. The van der Waals surface area contributed by atoms with Crippen LogP contribution in [0, 0.1) is 13.8 Å². The number of carbonyl (C=O) groups excluding carboxylic acids is 1. The maximum Gasteiger partial charge on any atom is 0.258 e. The number of furan rings is 1. The fourth-order valence-electron chi connectivity index (χ4n) is 1.42. The fourth-order valence-corrected chi connectivity index (χ4v) is 1.82. The van der Waals surface area contributed by atoms with Crippen molar-refractivity contribution in [2.24, 2.45) is 0 Å². The predicted octanol–water partition coefficient (Wildman–Crippen LogP) is 3.31. The molecule has 0 spiro atoms. The van der Waals surface area contributed by atoms with Crippen molar-refractivity contribution in [3.8, 4) is 0 Å². The van der Waals surface area contributed by atoms with Crippen LogP contribution >= 0.6 is 15.9 Å². The molecule has 5 heteroatoms. The molecule has 0 aliphatic carbocycles. The van der Waals surface area contributed by atoms with Crippen LogP contribution in [0.3, 0.4) is 0 Å². The molecule has 4 nitrogen and oxygen atoms in total. The molecule has 1 N–H and O–H groups in total.